The highest BCUT2D eigenvalue weighted by Gasteiger charge is 2.02. The van der Waals surface area contributed by atoms with Crippen molar-refractivity contribution in [3.05, 3.63) is 11.2 Å². The number of aliphatic hydroxyl groups excluding tert-OH is 1. The Balaban J connectivity index is 2.62. The average molecular weight is 251 g/mol. The van der Waals surface area contributed by atoms with Crippen molar-refractivity contribution in [2.45, 2.75) is 16.6 Å². The number of hydrogen-bond acceptors (Lipinski definition) is 5. The molecule has 0 unspecified atom stereocenters. The first-order valence-electron chi connectivity index (χ1n) is 4.08. The van der Waals surface area contributed by atoms with E-state index in [9.17, 15) is 0 Å². The van der Waals surface area contributed by atoms with E-state index in [-0.39, 0.29) is 6.61 Å². The Morgan fingerprint density at radius 3 is 2.93 bits per heavy atom. The molecule has 0 aliphatic rings. The Bertz CT molecular complexity index is 299. The Labute approximate surface area is 96.7 Å². The van der Waals surface area contributed by atoms with E-state index >= 15 is 0 Å². The van der Waals surface area contributed by atoms with Gasteiger partial charge in [-0.2, -0.15) is 0 Å². The summed E-state index contributed by atoms with van der Waals surface area (Å²) in [6.45, 7) is 0.210. The van der Waals surface area contributed by atoms with Gasteiger partial charge in [0.1, 0.15) is 10.2 Å². The minimum Gasteiger partial charge on any atom is -0.396 e. The van der Waals surface area contributed by atoms with Crippen LogP contribution in [-0.2, 0) is 0 Å². The second-order valence-corrected chi connectivity index (χ2v) is 4.72. The normalized spacial score (nSPS) is 10.5. The van der Waals surface area contributed by atoms with E-state index in [0.717, 1.165) is 17.2 Å². The summed E-state index contributed by atoms with van der Waals surface area (Å²) >= 11 is 8.86. The predicted octanol–water partition coefficient (Wildman–Crippen LogP) is 2.33. The molecule has 1 aromatic rings. The highest BCUT2D eigenvalue weighted by Crippen LogP contribution is 2.22. The van der Waals surface area contributed by atoms with E-state index in [1.54, 1.807) is 17.8 Å². The number of hydrogen-bond donors (Lipinski definition) is 1. The van der Waals surface area contributed by atoms with Crippen LogP contribution < -0.4 is 0 Å². The molecule has 0 fully saturated rings. The summed E-state index contributed by atoms with van der Waals surface area (Å²) in [6.07, 6.45) is 2.68. The standard InChI is InChI=1S/C8H11ClN2OS2/c1-13-8-10-6(9)5-7(11-8)14-4-2-3-12/h5,12H,2-4H2,1H3. The zero-order valence-electron chi connectivity index (χ0n) is 7.73. The number of thioether (sulfide) groups is 2. The van der Waals surface area contributed by atoms with Gasteiger partial charge in [0.25, 0.3) is 0 Å². The quantitative estimate of drug-likeness (QED) is 0.376. The van der Waals surface area contributed by atoms with Gasteiger partial charge in [-0.1, -0.05) is 23.4 Å². The molecule has 6 heteroatoms. The van der Waals surface area contributed by atoms with Gasteiger partial charge in [0.15, 0.2) is 5.16 Å². The molecule has 0 bridgehead atoms. The van der Waals surface area contributed by atoms with Crippen LogP contribution in [0.2, 0.25) is 5.15 Å². The van der Waals surface area contributed by atoms with E-state index in [1.165, 1.54) is 11.8 Å². The van der Waals surface area contributed by atoms with Crippen LogP contribution in [0.5, 0.6) is 0 Å². The van der Waals surface area contributed by atoms with Crippen LogP contribution in [0.1, 0.15) is 6.42 Å². The largest absolute Gasteiger partial charge is 0.396 e. The molecule has 0 spiro atoms. The molecule has 1 heterocycles. The Hall–Kier alpha value is 0.0300. The van der Waals surface area contributed by atoms with Gasteiger partial charge in [0.2, 0.25) is 0 Å². The molecule has 0 saturated carbocycles. The van der Waals surface area contributed by atoms with Crippen molar-refractivity contribution in [2.75, 3.05) is 18.6 Å². The second kappa shape index (κ2) is 6.50. The van der Waals surface area contributed by atoms with Gasteiger partial charge in [0.05, 0.1) is 0 Å². The van der Waals surface area contributed by atoms with E-state index < -0.39 is 0 Å². The molecule has 0 aliphatic heterocycles. The Morgan fingerprint density at radius 2 is 2.29 bits per heavy atom. The summed E-state index contributed by atoms with van der Waals surface area (Å²) in [5, 5.41) is 10.6. The van der Waals surface area contributed by atoms with Gasteiger partial charge in [-0.15, -0.1) is 11.8 Å². The van der Waals surface area contributed by atoms with Crippen molar-refractivity contribution >= 4 is 35.1 Å². The Morgan fingerprint density at radius 1 is 1.50 bits per heavy atom. The van der Waals surface area contributed by atoms with Crippen molar-refractivity contribution in [1.82, 2.24) is 9.97 Å². The molecule has 78 valence electrons. The van der Waals surface area contributed by atoms with Gasteiger partial charge in [-0.3, -0.25) is 0 Å². The van der Waals surface area contributed by atoms with Gasteiger partial charge >= 0.3 is 0 Å². The molecule has 1 rings (SSSR count). The lowest BCUT2D eigenvalue weighted by atomic mass is 10.5. The number of halogens is 1. The summed E-state index contributed by atoms with van der Waals surface area (Å²) in [5.41, 5.74) is 0. The third kappa shape index (κ3) is 4.04. The average Bonchev–Trinajstić information content (AvgIpc) is 2.17. The third-order valence-corrected chi connectivity index (χ3v) is 3.12. The maximum Gasteiger partial charge on any atom is 0.189 e. The maximum atomic E-state index is 8.62. The number of nitrogens with zero attached hydrogens (tertiary/aromatic N) is 2. The lowest BCUT2D eigenvalue weighted by Crippen LogP contribution is -1.91. The van der Waals surface area contributed by atoms with Crippen molar-refractivity contribution in [2.24, 2.45) is 0 Å². The lowest BCUT2D eigenvalue weighted by molar-refractivity contribution is 0.296. The molecule has 0 saturated heterocycles. The molecule has 14 heavy (non-hydrogen) atoms. The van der Waals surface area contributed by atoms with Crippen LogP contribution in [0, 0.1) is 0 Å². The maximum absolute atomic E-state index is 8.62. The zero-order valence-corrected chi connectivity index (χ0v) is 10.1. The van der Waals surface area contributed by atoms with E-state index in [0.29, 0.717) is 10.3 Å². The predicted molar refractivity (Wildman–Crippen MR) is 61.2 cm³/mol. The van der Waals surface area contributed by atoms with Gasteiger partial charge < -0.3 is 5.11 Å². The summed E-state index contributed by atoms with van der Waals surface area (Å²) < 4.78 is 0. The van der Waals surface area contributed by atoms with E-state index in [4.69, 9.17) is 16.7 Å². The number of aliphatic hydroxyl groups is 1. The van der Waals surface area contributed by atoms with Crippen molar-refractivity contribution in [1.29, 1.82) is 0 Å². The smallest absolute Gasteiger partial charge is 0.189 e. The van der Waals surface area contributed by atoms with E-state index in [2.05, 4.69) is 9.97 Å². The van der Waals surface area contributed by atoms with Crippen LogP contribution in [0.3, 0.4) is 0 Å². The molecule has 1 N–H and O–H groups in total. The first kappa shape index (κ1) is 12.1. The summed E-state index contributed by atoms with van der Waals surface area (Å²) in [7, 11) is 0. The fraction of sp³-hybridized carbons (Fsp3) is 0.500. The molecule has 0 aliphatic carbocycles. The van der Waals surface area contributed by atoms with Crippen LogP contribution >= 0.6 is 35.1 Å². The fourth-order valence-electron chi connectivity index (χ4n) is 0.784. The van der Waals surface area contributed by atoms with Crippen LogP contribution in [-0.4, -0.2) is 33.7 Å². The third-order valence-electron chi connectivity index (χ3n) is 1.39. The highest BCUT2D eigenvalue weighted by molar-refractivity contribution is 7.99. The molecular weight excluding hydrogens is 240 g/mol. The molecular formula is C8H11ClN2OS2. The SMILES string of the molecule is CSc1nc(Cl)cc(SCCCO)n1. The molecule has 0 amide bonds. The topological polar surface area (TPSA) is 46.0 Å². The van der Waals surface area contributed by atoms with Crippen LogP contribution in [0.4, 0.5) is 0 Å². The zero-order chi connectivity index (χ0) is 10.4. The number of rotatable bonds is 5. The molecule has 3 nitrogen and oxygen atoms in total. The summed E-state index contributed by atoms with van der Waals surface area (Å²) in [4.78, 5) is 8.31. The molecule has 0 aromatic carbocycles. The van der Waals surface area contributed by atoms with Crippen LogP contribution in [0.15, 0.2) is 16.2 Å². The monoisotopic (exact) mass is 250 g/mol. The van der Waals surface area contributed by atoms with Gasteiger partial charge in [0, 0.05) is 18.4 Å². The molecule has 0 atom stereocenters. The highest BCUT2D eigenvalue weighted by atomic mass is 35.5. The first-order valence-corrected chi connectivity index (χ1v) is 6.67. The van der Waals surface area contributed by atoms with Crippen molar-refractivity contribution in [3.8, 4) is 0 Å². The lowest BCUT2D eigenvalue weighted by Gasteiger charge is -2.01. The number of aromatic nitrogens is 2. The van der Waals surface area contributed by atoms with E-state index in [1.807, 2.05) is 6.26 Å². The molecule has 0 radical (unpaired) electrons. The second-order valence-electron chi connectivity index (χ2n) is 2.44. The first-order chi connectivity index (χ1) is 6.76. The van der Waals surface area contributed by atoms with Gasteiger partial charge in [-0.05, 0) is 12.7 Å². The van der Waals surface area contributed by atoms with Crippen molar-refractivity contribution in [3.63, 3.8) is 0 Å². The molecule has 1 aromatic heterocycles. The summed E-state index contributed by atoms with van der Waals surface area (Å²) in [6, 6.07) is 1.74. The fourth-order valence-corrected chi connectivity index (χ4v) is 2.35. The minimum atomic E-state index is 0.210. The van der Waals surface area contributed by atoms with Crippen molar-refractivity contribution < 1.29 is 5.11 Å². The van der Waals surface area contributed by atoms with Crippen LogP contribution in [0.25, 0.3) is 0 Å². The Kier molecular flexibility index (Phi) is 5.62. The van der Waals surface area contributed by atoms with Gasteiger partial charge in [-0.25, -0.2) is 9.97 Å². The minimum absolute atomic E-state index is 0.210. The summed E-state index contributed by atoms with van der Waals surface area (Å²) in [5.74, 6) is 0.845.